The topological polar surface area (TPSA) is 106 Å². The van der Waals surface area contributed by atoms with Gasteiger partial charge in [-0.3, -0.25) is 9.59 Å². The average molecular weight is 637 g/mol. The number of aliphatic hydroxyl groups is 1. The monoisotopic (exact) mass is 637 g/mol. The maximum absolute atomic E-state index is 11.3. The molecule has 45 heavy (non-hydrogen) atoms. The van der Waals surface area contributed by atoms with Gasteiger partial charge in [-0.1, -0.05) is 205 Å². The Labute approximate surface area is 281 Å². The molecular formula is C40H80N2O3. The number of unbranched alkanes of at least 4 members (excludes halogenated alkanes) is 32. The van der Waals surface area contributed by atoms with E-state index in [1.807, 2.05) is 0 Å². The highest BCUT2D eigenvalue weighted by Gasteiger charge is 2.13. The quantitative estimate of drug-likeness (QED) is 0.0584. The summed E-state index contributed by atoms with van der Waals surface area (Å²) in [5.74, 6) is -0.546. The molecule has 0 aliphatic carbocycles. The van der Waals surface area contributed by atoms with Gasteiger partial charge in [-0.25, -0.2) is 0 Å². The summed E-state index contributed by atoms with van der Waals surface area (Å²) in [7, 11) is 0. The Balaban J connectivity index is 3.11. The minimum Gasteiger partial charge on any atom is -0.396 e. The molecule has 0 aliphatic rings. The van der Waals surface area contributed by atoms with Crippen LogP contribution in [0.15, 0.2) is 0 Å². The Morgan fingerprint density at radius 1 is 0.356 bits per heavy atom. The van der Waals surface area contributed by atoms with E-state index in [4.69, 9.17) is 16.6 Å². The number of aliphatic hydroxyl groups excluding tert-OH is 1. The minimum atomic E-state index is -0.255. The van der Waals surface area contributed by atoms with E-state index < -0.39 is 0 Å². The molecule has 0 aliphatic heterocycles. The zero-order valence-electron chi connectivity index (χ0n) is 30.2. The normalized spacial score (nSPS) is 12.1. The van der Waals surface area contributed by atoms with E-state index in [2.05, 4.69) is 0 Å². The SMILES string of the molecule is NC(=O)CCCCCCCCCCCCCCCCCCCCCCCCCCCCCCCCCCCC(CCO)C(N)=O. The Morgan fingerprint density at radius 2 is 0.578 bits per heavy atom. The fraction of sp³-hybridized carbons (Fsp3) is 0.950. The van der Waals surface area contributed by atoms with Crippen LogP contribution in [0.2, 0.25) is 0 Å². The molecule has 0 spiro atoms. The van der Waals surface area contributed by atoms with Gasteiger partial charge < -0.3 is 16.6 Å². The van der Waals surface area contributed by atoms with Gasteiger partial charge in [0.1, 0.15) is 0 Å². The van der Waals surface area contributed by atoms with E-state index in [-0.39, 0.29) is 24.3 Å². The summed E-state index contributed by atoms with van der Waals surface area (Å²) in [6.07, 6.45) is 47.1. The molecule has 5 heteroatoms. The highest BCUT2D eigenvalue weighted by atomic mass is 16.3. The van der Waals surface area contributed by atoms with Crippen LogP contribution in [-0.2, 0) is 9.59 Å². The number of nitrogens with two attached hydrogens (primary N) is 2. The van der Waals surface area contributed by atoms with Crippen LogP contribution in [-0.4, -0.2) is 23.5 Å². The number of hydrogen-bond donors (Lipinski definition) is 3. The minimum absolute atomic E-state index is 0.0580. The Hall–Kier alpha value is -1.10. The van der Waals surface area contributed by atoms with Crippen molar-refractivity contribution in [2.75, 3.05) is 6.61 Å². The van der Waals surface area contributed by atoms with Gasteiger partial charge in [0.2, 0.25) is 11.8 Å². The van der Waals surface area contributed by atoms with Crippen molar-refractivity contribution in [2.45, 2.75) is 231 Å². The molecule has 5 nitrogen and oxygen atoms in total. The van der Waals surface area contributed by atoms with E-state index in [9.17, 15) is 9.59 Å². The molecule has 0 radical (unpaired) electrons. The Bertz CT molecular complexity index is 612. The summed E-state index contributed by atoms with van der Waals surface area (Å²) in [5.41, 5.74) is 10.6. The van der Waals surface area contributed by atoms with Gasteiger partial charge in [-0.2, -0.15) is 0 Å². The predicted molar refractivity (Wildman–Crippen MR) is 195 cm³/mol. The largest absolute Gasteiger partial charge is 0.396 e. The second-order valence-electron chi connectivity index (χ2n) is 14.3. The van der Waals surface area contributed by atoms with E-state index in [0.29, 0.717) is 12.8 Å². The summed E-state index contributed by atoms with van der Waals surface area (Å²) in [4.78, 5) is 22.0. The van der Waals surface area contributed by atoms with Crippen LogP contribution in [0.25, 0.3) is 0 Å². The zero-order chi connectivity index (χ0) is 32.9. The van der Waals surface area contributed by atoms with Crippen molar-refractivity contribution in [3.05, 3.63) is 0 Å². The van der Waals surface area contributed by atoms with Gasteiger partial charge in [0.25, 0.3) is 0 Å². The summed E-state index contributed by atoms with van der Waals surface area (Å²) in [6, 6.07) is 0. The van der Waals surface area contributed by atoms with Gasteiger partial charge in [-0.15, -0.1) is 0 Å². The van der Waals surface area contributed by atoms with Crippen LogP contribution in [0, 0.1) is 5.92 Å². The lowest BCUT2D eigenvalue weighted by Crippen LogP contribution is -2.24. The molecule has 2 amide bonds. The Kier molecular flexibility index (Phi) is 36.4. The van der Waals surface area contributed by atoms with E-state index in [1.54, 1.807) is 0 Å². The van der Waals surface area contributed by atoms with Crippen LogP contribution >= 0.6 is 0 Å². The molecule has 1 unspecified atom stereocenters. The molecule has 0 saturated heterocycles. The molecule has 1 atom stereocenters. The first kappa shape index (κ1) is 43.9. The predicted octanol–water partition coefficient (Wildman–Crippen LogP) is 11.6. The molecule has 0 rings (SSSR count). The van der Waals surface area contributed by atoms with Crippen LogP contribution in [0.1, 0.15) is 231 Å². The standard InChI is InChI=1S/C40H80N2O3/c41-39(44)35-33-31-29-27-25-23-21-19-17-15-13-11-9-7-5-3-1-2-4-6-8-10-12-14-16-18-20-22-24-26-28-30-32-34-38(36-37-43)40(42)45/h38,43H,1-37H2,(H2,41,44)(H2,42,45). The van der Waals surface area contributed by atoms with Gasteiger partial charge in [0.05, 0.1) is 0 Å². The van der Waals surface area contributed by atoms with Gasteiger partial charge in [-0.05, 0) is 19.3 Å². The molecule has 0 fully saturated rings. The van der Waals surface area contributed by atoms with Crippen molar-refractivity contribution in [2.24, 2.45) is 17.4 Å². The molecule has 0 saturated carbocycles. The molecule has 0 aromatic carbocycles. The first-order chi connectivity index (χ1) is 22.1. The zero-order valence-corrected chi connectivity index (χ0v) is 30.2. The molecule has 0 bridgehead atoms. The molecule has 0 aromatic heterocycles. The first-order valence-electron chi connectivity index (χ1n) is 20.3. The van der Waals surface area contributed by atoms with Gasteiger partial charge in [0.15, 0.2) is 0 Å². The van der Waals surface area contributed by atoms with Crippen LogP contribution in [0.3, 0.4) is 0 Å². The summed E-state index contributed by atoms with van der Waals surface area (Å²) in [6.45, 7) is 0.0580. The number of carbonyl (C=O) groups excluding carboxylic acids is 2. The van der Waals surface area contributed by atoms with Gasteiger partial charge in [0, 0.05) is 18.9 Å². The van der Waals surface area contributed by atoms with Crippen LogP contribution in [0.4, 0.5) is 0 Å². The highest BCUT2D eigenvalue weighted by molar-refractivity contribution is 5.76. The fourth-order valence-electron chi connectivity index (χ4n) is 6.75. The maximum Gasteiger partial charge on any atom is 0.220 e. The van der Waals surface area contributed by atoms with Crippen LogP contribution < -0.4 is 11.5 Å². The lowest BCUT2D eigenvalue weighted by atomic mass is 9.96. The first-order valence-corrected chi connectivity index (χ1v) is 20.3. The third-order valence-electron chi connectivity index (χ3n) is 9.86. The highest BCUT2D eigenvalue weighted by Crippen LogP contribution is 2.18. The van der Waals surface area contributed by atoms with Gasteiger partial charge >= 0.3 is 0 Å². The number of hydrogen-bond acceptors (Lipinski definition) is 3. The lowest BCUT2D eigenvalue weighted by Gasteiger charge is -2.11. The number of primary amides is 2. The van der Waals surface area contributed by atoms with E-state index >= 15 is 0 Å². The van der Waals surface area contributed by atoms with Crippen molar-refractivity contribution in [1.29, 1.82) is 0 Å². The van der Waals surface area contributed by atoms with Crippen LogP contribution in [0.5, 0.6) is 0 Å². The van der Waals surface area contributed by atoms with Crippen molar-refractivity contribution in [1.82, 2.24) is 0 Å². The van der Waals surface area contributed by atoms with E-state index in [0.717, 1.165) is 25.7 Å². The summed E-state index contributed by atoms with van der Waals surface area (Å²) < 4.78 is 0. The maximum atomic E-state index is 11.3. The third kappa shape index (κ3) is 37.2. The van der Waals surface area contributed by atoms with E-state index in [1.165, 1.54) is 193 Å². The fourth-order valence-corrected chi connectivity index (χ4v) is 6.75. The smallest absolute Gasteiger partial charge is 0.220 e. The van der Waals surface area contributed by atoms with Crippen molar-refractivity contribution in [3.63, 3.8) is 0 Å². The molecular weight excluding hydrogens is 556 g/mol. The second-order valence-corrected chi connectivity index (χ2v) is 14.3. The lowest BCUT2D eigenvalue weighted by molar-refractivity contribution is -0.122. The Morgan fingerprint density at radius 3 is 0.778 bits per heavy atom. The van der Waals surface area contributed by atoms with Crippen molar-refractivity contribution >= 4 is 11.8 Å². The second kappa shape index (κ2) is 37.4. The average Bonchev–Trinajstić information content (AvgIpc) is 3.02. The molecule has 5 N–H and O–H groups in total. The molecule has 0 aromatic rings. The summed E-state index contributed by atoms with van der Waals surface area (Å²) >= 11 is 0. The number of amides is 2. The third-order valence-corrected chi connectivity index (χ3v) is 9.86. The molecule has 268 valence electrons. The summed E-state index contributed by atoms with van der Waals surface area (Å²) in [5, 5.41) is 9.00. The number of carbonyl (C=O) groups is 2. The van der Waals surface area contributed by atoms with Crippen molar-refractivity contribution in [3.8, 4) is 0 Å². The molecule has 0 heterocycles. The van der Waals surface area contributed by atoms with Crippen molar-refractivity contribution < 1.29 is 14.7 Å². The number of rotatable bonds is 39.